The van der Waals surface area contributed by atoms with Gasteiger partial charge >= 0.3 is 0 Å². The molecule has 46 heavy (non-hydrogen) atoms. The molecule has 0 spiro atoms. The van der Waals surface area contributed by atoms with Crippen molar-refractivity contribution >= 4 is 55.0 Å². The highest BCUT2D eigenvalue weighted by Crippen LogP contribution is 2.34. The number of nitrogens with one attached hydrogen (secondary N) is 2. The standard InChI is InChI=1S/C36H34F4N6/c37-23-19-27-33(25-7-1-3-9-31(25)43-35(27)29(39)21-23)41-11-5-13-45-15-17-46(18-16-45)14-6-12-42-34-26-8-2-4-10-32(26)44-36-28(34)20-24(38)22-30(36)40/h1-4,7-10,19-22H,5-6,11-18H2,(H,41,43)(H,42,44). The number of para-hydroxylation sites is 2. The summed E-state index contributed by atoms with van der Waals surface area (Å²) >= 11 is 0. The van der Waals surface area contributed by atoms with E-state index in [2.05, 4.69) is 30.4 Å². The van der Waals surface area contributed by atoms with Gasteiger partial charge in [-0.15, -0.1) is 0 Å². The maximum atomic E-state index is 14.6. The molecule has 3 heterocycles. The molecule has 6 aromatic rings. The number of fused-ring (bicyclic) bond motifs is 4. The van der Waals surface area contributed by atoms with Gasteiger partial charge in [-0.2, -0.15) is 0 Å². The monoisotopic (exact) mass is 626 g/mol. The SMILES string of the molecule is Fc1cc(F)c2nc3ccccc3c(NCCCN3CCN(CCCNc4c5ccccc5nc5c(F)cc(F)cc45)CC3)c2c1. The molecule has 1 aliphatic heterocycles. The molecule has 0 atom stereocenters. The maximum absolute atomic E-state index is 14.6. The first-order valence-corrected chi connectivity index (χ1v) is 15.7. The van der Waals surface area contributed by atoms with E-state index >= 15 is 0 Å². The van der Waals surface area contributed by atoms with E-state index in [4.69, 9.17) is 0 Å². The van der Waals surface area contributed by atoms with E-state index < -0.39 is 23.3 Å². The van der Waals surface area contributed by atoms with Gasteiger partial charge < -0.3 is 20.4 Å². The highest BCUT2D eigenvalue weighted by molar-refractivity contribution is 6.08. The fraction of sp³-hybridized carbons (Fsp3) is 0.278. The molecule has 1 saturated heterocycles. The van der Waals surface area contributed by atoms with Gasteiger partial charge in [-0.1, -0.05) is 36.4 Å². The molecule has 2 aromatic heterocycles. The second kappa shape index (κ2) is 13.1. The first-order valence-electron chi connectivity index (χ1n) is 15.7. The average Bonchev–Trinajstić information content (AvgIpc) is 3.05. The van der Waals surface area contributed by atoms with Crippen LogP contribution in [0.15, 0.2) is 72.8 Å². The van der Waals surface area contributed by atoms with E-state index in [1.807, 2.05) is 48.5 Å². The van der Waals surface area contributed by atoms with Crippen molar-refractivity contribution in [1.82, 2.24) is 19.8 Å². The van der Waals surface area contributed by atoms with Crippen LogP contribution in [0.5, 0.6) is 0 Å². The lowest BCUT2D eigenvalue weighted by Crippen LogP contribution is -2.47. The third-order valence-corrected chi connectivity index (χ3v) is 8.78. The molecule has 2 N–H and O–H groups in total. The molecule has 0 bridgehead atoms. The molecule has 6 nitrogen and oxygen atoms in total. The normalized spacial score (nSPS) is 14.5. The van der Waals surface area contributed by atoms with Crippen molar-refractivity contribution in [2.24, 2.45) is 0 Å². The number of rotatable bonds is 10. The quantitative estimate of drug-likeness (QED) is 0.0930. The number of piperazine rings is 1. The number of pyridine rings is 2. The van der Waals surface area contributed by atoms with Crippen LogP contribution in [0.1, 0.15) is 12.8 Å². The number of halogens is 4. The zero-order valence-corrected chi connectivity index (χ0v) is 25.3. The van der Waals surface area contributed by atoms with Crippen LogP contribution in [0.2, 0.25) is 0 Å². The van der Waals surface area contributed by atoms with Gasteiger partial charge in [0.15, 0.2) is 11.6 Å². The van der Waals surface area contributed by atoms with Gasteiger partial charge in [0.05, 0.1) is 22.4 Å². The van der Waals surface area contributed by atoms with Crippen molar-refractivity contribution in [3.05, 3.63) is 96.1 Å². The van der Waals surface area contributed by atoms with E-state index in [-0.39, 0.29) is 11.0 Å². The Balaban J connectivity index is 0.903. The van der Waals surface area contributed by atoms with Crippen molar-refractivity contribution in [2.45, 2.75) is 12.8 Å². The van der Waals surface area contributed by atoms with Crippen molar-refractivity contribution in [3.8, 4) is 0 Å². The number of nitrogens with zero attached hydrogens (tertiary/aromatic N) is 4. The number of aromatic nitrogens is 2. The second-order valence-electron chi connectivity index (χ2n) is 11.8. The predicted molar refractivity (Wildman–Crippen MR) is 177 cm³/mol. The van der Waals surface area contributed by atoms with Crippen LogP contribution in [0, 0.1) is 23.3 Å². The highest BCUT2D eigenvalue weighted by atomic mass is 19.1. The minimum absolute atomic E-state index is 0.166. The van der Waals surface area contributed by atoms with Crippen molar-refractivity contribution in [3.63, 3.8) is 0 Å². The number of hydrogen-bond donors (Lipinski definition) is 2. The summed E-state index contributed by atoms with van der Waals surface area (Å²) < 4.78 is 57.4. The Morgan fingerprint density at radius 2 is 0.957 bits per heavy atom. The molecule has 0 aliphatic carbocycles. The Hall–Kier alpha value is -4.54. The summed E-state index contributed by atoms with van der Waals surface area (Å²) in [6.07, 6.45) is 1.77. The molecule has 1 aliphatic rings. The van der Waals surface area contributed by atoms with Gasteiger partial charge in [0, 0.05) is 72.9 Å². The molecule has 1 fully saturated rings. The Morgan fingerprint density at radius 3 is 1.39 bits per heavy atom. The summed E-state index contributed by atoms with van der Waals surface area (Å²) in [6.45, 7) is 7.01. The fourth-order valence-corrected chi connectivity index (χ4v) is 6.49. The summed E-state index contributed by atoms with van der Waals surface area (Å²) in [5, 5.41) is 9.47. The maximum Gasteiger partial charge on any atom is 0.152 e. The van der Waals surface area contributed by atoms with Crippen molar-refractivity contribution in [1.29, 1.82) is 0 Å². The number of hydrogen-bond acceptors (Lipinski definition) is 6. The molecule has 10 heteroatoms. The highest BCUT2D eigenvalue weighted by Gasteiger charge is 2.18. The largest absolute Gasteiger partial charge is 0.384 e. The van der Waals surface area contributed by atoms with E-state index in [1.165, 1.54) is 12.1 Å². The summed E-state index contributed by atoms with van der Waals surface area (Å²) in [6, 6.07) is 19.5. The predicted octanol–water partition coefficient (Wildman–Crippen LogP) is 7.57. The lowest BCUT2D eigenvalue weighted by Gasteiger charge is -2.34. The lowest BCUT2D eigenvalue weighted by atomic mass is 10.1. The summed E-state index contributed by atoms with van der Waals surface area (Å²) in [5.74, 6) is -2.57. The molecule has 4 aromatic carbocycles. The van der Waals surface area contributed by atoms with Gasteiger partial charge in [-0.3, -0.25) is 0 Å². The molecule has 0 radical (unpaired) electrons. The topological polar surface area (TPSA) is 56.3 Å². The fourth-order valence-electron chi connectivity index (χ4n) is 6.49. The van der Waals surface area contributed by atoms with Crippen LogP contribution in [0.3, 0.4) is 0 Å². The van der Waals surface area contributed by atoms with Crippen LogP contribution in [0.4, 0.5) is 28.9 Å². The second-order valence-corrected chi connectivity index (χ2v) is 11.8. The first kappa shape index (κ1) is 30.1. The van der Waals surface area contributed by atoms with Crippen LogP contribution in [-0.2, 0) is 0 Å². The van der Waals surface area contributed by atoms with Gasteiger partial charge in [0.2, 0.25) is 0 Å². The third kappa shape index (κ3) is 6.15. The Kier molecular flexibility index (Phi) is 8.55. The van der Waals surface area contributed by atoms with Crippen molar-refractivity contribution in [2.75, 3.05) is 63.0 Å². The number of benzene rings is 4. The minimum atomic E-state index is -0.664. The van der Waals surface area contributed by atoms with Crippen LogP contribution in [-0.4, -0.2) is 72.1 Å². The first-order chi connectivity index (χ1) is 22.4. The number of anilines is 2. The molecular formula is C36H34F4N6. The zero-order chi connectivity index (χ0) is 31.6. The van der Waals surface area contributed by atoms with Gasteiger partial charge in [0.1, 0.15) is 22.7 Å². The third-order valence-electron chi connectivity index (χ3n) is 8.78. The average molecular weight is 627 g/mol. The van der Waals surface area contributed by atoms with Crippen LogP contribution >= 0.6 is 0 Å². The van der Waals surface area contributed by atoms with E-state index in [1.54, 1.807) is 0 Å². The Morgan fingerprint density at radius 1 is 0.543 bits per heavy atom. The van der Waals surface area contributed by atoms with Crippen molar-refractivity contribution < 1.29 is 17.6 Å². The molecule has 7 rings (SSSR count). The molecule has 0 unspecified atom stereocenters. The van der Waals surface area contributed by atoms with Gasteiger partial charge in [-0.05, 0) is 50.2 Å². The van der Waals surface area contributed by atoms with E-state index in [9.17, 15) is 17.6 Å². The van der Waals surface area contributed by atoms with E-state index in [0.717, 1.165) is 75.0 Å². The van der Waals surface area contributed by atoms with Gasteiger partial charge in [-0.25, -0.2) is 27.5 Å². The zero-order valence-electron chi connectivity index (χ0n) is 25.3. The summed E-state index contributed by atoms with van der Waals surface area (Å²) in [7, 11) is 0. The molecule has 236 valence electrons. The molecular weight excluding hydrogens is 592 g/mol. The molecule has 0 amide bonds. The summed E-state index contributed by atoms with van der Waals surface area (Å²) in [4.78, 5) is 13.7. The summed E-state index contributed by atoms with van der Waals surface area (Å²) in [5.41, 5.74) is 3.08. The van der Waals surface area contributed by atoms with Crippen LogP contribution in [0.25, 0.3) is 43.6 Å². The minimum Gasteiger partial charge on any atom is -0.384 e. The molecule has 0 saturated carbocycles. The lowest BCUT2D eigenvalue weighted by molar-refractivity contribution is 0.132. The van der Waals surface area contributed by atoms with Gasteiger partial charge in [0.25, 0.3) is 0 Å². The Labute approximate surface area is 264 Å². The smallest absolute Gasteiger partial charge is 0.152 e. The van der Waals surface area contributed by atoms with Crippen LogP contribution < -0.4 is 10.6 Å². The van der Waals surface area contributed by atoms with E-state index in [0.29, 0.717) is 46.3 Å². The Bertz CT molecular complexity index is 1900.